The number of carbonyl (C=O) groups is 2. The van der Waals surface area contributed by atoms with Crippen molar-refractivity contribution in [2.24, 2.45) is 5.92 Å². The van der Waals surface area contributed by atoms with Crippen molar-refractivity contribution in [1.29, 1.82) is 0 Å². The molecule has 1 saturated heterocycles. The third-order valence-corrected chi connectivity index (χ3v) is 4.18. The Bertz CT molecular complexity index is 544. The lowest BCUT2D eigenvalue weighted by atomic mass is 10.0. The van der Waals surface area contributed by atoms with Crippen LogP contribution in [0, 0.1) is 12.8 Å². The van der Waals surface area contributed by atoms with Crippen LogP contribution >= 0.6 is 0 Å². The van der Waals surface area contributed by atoms with Crippen LogP contribution in [0.5, 0.6) is 0 Å². The summed E-state index contributed by atoms with van der Waals surface area (Å²) in [6.45, 7) is 6.78. The number of anilines is 1. The number of carboxylic acids is 1. The van der Waals surface area contributed by atoms with E-state index in [-0.39, 0.29) is 12.1 Å². The molecule has 0 aliphatic carbocycles. The van der Waals surface area contributed by atoms with E-state index in [2.05, 4.69) is 0 Å². The predicted octanol–water partition coefficient (Wildman–Crippen LogP) is 2.74. The number of amides is 2. The minimum absolute atomic E-state index is 0.112. The summed E-state index contributed by atoms with van der Waals surface area (Å²) in [5, 5.41) is 9.18. The molecule has 1 aliphatic heterocycles. The minimum atomic E-state index is -0.823. The first-order valence-corrected chi connectivity index (χ1v) is 7.33. The van der Waals surface area contributed by atoms with E-state index in [0.717, 1.165) is 11.3 Å². The van der Waals surface area contributed by atoms with E-state index in [1.165, 1.54) is 0 Å². The van der Waals surface area contributed by atoms with Crippen molar-refractivity contribution in [3.63, 3.8) is 0 Å². The zero-order valence-corrected chi connectivity index (χ0v) is 12.7. The smallest absolute Gasteiger partial charge is 0.324 e. The number of aliphatic carboxylic acids is 1. The Morgan fingerprint density at radius 3 is 2.67 bits per heavy atom. The zero-order chi connectivity index (χ0) is 15.6. The van der Waals surface area contributed by atoms with Gasteiger partial charge in [0.25, 0.3) is 0 Å². The van der Waals surface area contributed by atoms with Gasteiger partial charge in [0.15, 0.2) is 0 Å². The highest BCUT2D eigenvalue weighted by Gasteiger charge is 2.39. The Morgan fingerprint density at radius 2 is 2.14 bits per heavy atom. The molecular weight excluding hydrogens is 268 g/mol. The highest BCUT2D eigenvalue weighted by molar-refractivity contribution is 5.93. The summed E-state index contributed by atoms with van der Waals surface area (Å²) >= 11 is 0. The summed E-state index contributed by atoms with van der Waals surface area (Å²) in [7, 11) is 0. The van der Waals surface area contributed by atoms with Crippen molar-refractivity contribution < 1.29 is 14.7 Å². The van der Waals surface area contributed by atoms with E-state index < -0.39 is 11.9 Å². The average Bonchev–Trinajstić information content (AvgIpc) is 2.81. The summed E-state index contributed by atoms with van der Waals surface area (Å²) in [5.41, 5.74) is 1.95. The van der Waals surface area contributed by atoms with Gasteiger partial charge in [-0.1, -0.05) is 12.1 Å². The molecule has 1 aromatic rings. The maximum absolute atomic E-state index is 12.7. The van der Waals surface area contributed by atoms with E-state index >= 15 is 0 Å². The maximum atomic E-state index is 12.7. The first-order chi connectivity index (χ1) is 9.95. The van der Waals surface area contributed by atoms with Crippen molar-refractivity contribution in [1.82, 2.24) is 4.90 Å². The first kappa shape index (κ1) is 15.4. The van der Waals surface area contributed by atoms with Crippen molar-refractivity contribution in [2.75, 3.05) is 18.0 Å². The van der Waals surface area contributed by atoms with E-state index in [0.29, 0.717) is 19.5 Å². The van der Waals surface area contributed by atoms with Crippen LogP contribution in [0.15, 0.2) is 24.3 Å². The number of aryl methyl sites for hydroxylation is 1. The minimum Gasteiger partial charge on any atom is -0.481 e. The van der Waals surface area contributed by atoms with Crippen molar-refractivity contribution in [3.8, 4) is 0 Å². The molecule has 0 aromatic heterocycles. The van der Waals surface area contributed by atoms with Gasteiger partial charge >= 0.3 is 12.0 Å². The fourth-order valence-corrected chi connectivity index (χ4v) is 2.92. The van der Waals surface area contributed by atoms with Gasteiger partial charge in [0.05, 0.1) is 5.92 Å². The highest BCUT2D eigenvalue weighted by Crippen LogP contribution is 2.27. The number of hydrogen-bond donors (Lipinski definition) is 1. The molecule has 2 amide bonds. The van der Waals surface area contributed by atoms with Crippen LogP contribution in [0.1, 0.15) is 25.8 Å². The number of benzene rings is 1. The Kier molecular flexibility index (Phi) is 4.50. The van der Waals surface area contributed by atoms with Crippen LogP contribution in [0.4, 0.5) is 10.5 Å². The molecule has 0 spiro atoms. The van der Waals surface area contributed by atoms with Gasteiger partial charge < -0.3 is 10.0 Å². The Hall–Kier alpha value is -2.04. The third kappa shape index (κ3) is 3.01. The van der Waals surface area contributed by atoms with E-state index in [4.69, 9.17) is 0 Å². The number of likely N-dealkylation sites (tertiary alicyclic amines) is 1. The summed E-state index contributed by atoms with van der Waals surface area (Å²) in [6.07, 6.45) is 0.521. The van der Waals surface area contributed by atoms with Gasteiger partial charge in [-0.05, 0) is 44.9 Å². The molecular formula is C16H22N2O3. The molecule has 5 heteroatoms. The lowest BCUT2D eigenvalue weighted by Crippen LogP contribution is -2.46. The van der Waals surface area contributed by atoms with Crippen LogP contribution in [-0.4, -0.2) is 41.1 Å². The standard InChI is InChI=1S/C16H22N2O3/c1-4-17(13-7-5-6-11(2)10-13)16(21)18-9-8-14(12(18)3)15(19)20/h5-7,10,12,14H,4,8-9H2,1-3H3,(H,19,20). The van der Waals surface area contributed by atoms with Gasteiger partial charge in [0.2, 0.25) is 0 Å². The lowest BCUT2D eigenvalue weighted by Gasteiger charge is -2.30. The lowest BCUT2D eigenvalue weighted by molar-refractivity contribution is -0.142. The molecule has 5 nitrogen and oxygen atoms in total. The number of urea groups is 1. The fourth-order valence-electron chi connectivity index (χ4n) is 2.92. The van der Waals surface area contributed by atoms with Gasteiger partial charge in [0, 0.05) is 24.8 Å². The van der Waals surface area contributed by atoms with Crippen LogP contribution in [0.25, 0.3) is 0 Å². The molecule has 1 N–H and O–H groups in total. The molecule has 0 radical (unpaired) electrons. The van der Waals surface area contributed by atoms with Gasteiger partial charge in [-0.3, -0.25) is 9.69 Å². The number of carboxylic acid groups (broad SMARTS) is 1. The maximum Gasteiger partial charge on any atom is 0.324 e. The van der Waals surface area contributed by atoms with Crippen molar-refractivity contribution in [3.05, 3.63) is 29.8 Å². The zero-order valence-electron chi connectivity index (χ0n) is 12.7. The van der Waals surface area contributed by atoms with Crippen molar-refractivity contribution >= 4 is 17.7 Å². The molecule has 2 atom stereocenters. The summed E-state index contributed by atoms with van der Waals surface area (Å²) in [5.74, 6) is -1.29. The number of rotatable bonds is 3. The van der Waals surface area contributed by atoms with Crippen LogP contribution in [0.3, 0.4) is 0 Å². The molecule has 21 heavy (non-hydrogen) atoms. The van der Waals surface area contributed by atoms with Crippen LogP contribution in [0.2, 0.25) is 0 Å². The number of hydrogen-bond acceptors (Lipinski definition) is 2. The van der Waals surface area contributed by atoms with Gasteiger partial charge in [0.1, 0.15) is 0 Å². The molecule has 0 bridgehead atoms. The van der Waals surface area contributed by atoms with Crippen LogP contribution in [-0.2, 0) is 4.79 Å². The molecule has 1 heterocycles. The summed E-state index contributed by atoms with van der Waals surface area (Å²) in [6, 6.07) is 7.41. The Labute approximate surface area is 125 Å². The fraction of sp³-hybridized carbons (Fsp3) is 0.500. The van der Waals surface area contributed by atoms with Crippen molar-refractivity contribution in [2.45, 2.75) is 33.2 Å². The Balaban J connectivity index is 2.20. The predicted molar refractivity (Wildman–Crippen MR) is 81.5 cm³/mol. The second-order valence-corrected chi connectivity index (χ2v) is 5.53. The largest absolute Gasteiger partial charge is 0.481 e. The summed E-state index contributed by atoms with van der Waals surface area (Å²) in [4.78, 5) is 27.3. The first-order valence-electron chi connectivity index (χ1n) is 7.33. The van der Waals surface area contributed by atoms with E-state index in [1.807, 2.05) is 45.0 Å². The summed E-state index contributed by atoms with van der Waals surface area (Å²) < 4.78 is 0. The van der Waals surface area contributed by atoms with Gasteiger partial charge in [-0.2, -0.15) is 0 Å². The monoisotopic (exact) mass is 290 g/mol. The van der Waals surface area contributed by atoms with Gasteiger partial charge in [-0.25, -0.2) is 4.79 Å². The molecule has 1 fully saturated rings. The number of nitrogens with zero attached hydrogens (tertiary/aromatic N) is 2. The SMILES string of the molecule is CCN(C(=O)N1CCC(C(=O)O)C1C)c1cccc(C)c1. The quantitative estimate of drug-likeness (QED) is 0.931. The molecule has 114 valence electrons. The molecule has 2 unspecified atom stereocenters. The molecule has 2 rings (SSSR count). The van der Waals surface area contributed by atoms with Gasteiger partial charge in [-0.15, -0.1) is 0 Å². The van der Waals surface area contributed by atoms with Crippen LogP contribution < -0.4 is 4.90 Å². The molecule has 1 aromatic carbocycles. The normalized spacial score (nSPS) is 21.4. The average molecular weight is 290 g/mol. The second-order valence-electron chi connectivity index (χ2n) is 5.53. The molecule has 0 saturated carbocycles. The Morgan fingerprint density at radius 1 is 1.43 bits per heavy atom. The highest BCUT2D eigenvalue weighted by atomic mass is 16.4. The van der Waals surface area contributed by atoms with E-state index in [9.17, 15) is 14.7 Å². The number of carbonyl (C=O) groups excluding carboxylic acids is 1. The molecule has 1 aliphatic rings. The third-order valence-electron chi connectivity index (χ3n) is 4.18. The topological polar surface area (TPSA) is 60.9 Å². The van der Waals surface area contributed by atoms with E-state index in [1.54, 1.807) is 9.80 Å². The second kappa shape index (κ2) is 6.16.